The lowest BCUT2D eigenvalue weighted by Gasteiger charge is -2.13. The minimum absolute atomic E-state index is 0.0680. The van der Waals surface area contributed by atoms with E-state index in [4.69, 9.17) is 4.74 Å². The number of rotatable bonds is 7. The van der Waals surface area contributed by atoms with Crippen molar-refractivity contribution < 1.29 is 23.5 Å². The van der Waals surface area contributed by atoms with Crippen LogP contribution in [0, 0.1) is 5.82 Å². The van der Waals surface area contributed by atoms with E-state index in [1.165, 1.54) is 17.0 Å². The van der Waals surface area contributed by atoms with Crippen LogP contribution in [-0.2, 0) is 14.3 Å². The first-order valence-corrected chi connectivity index (χ1v) is 11.6. The normalized spacial score (nSPS) is 17.0. The lowest BCUT2D eigenvalue weighted by molar-refractivity contribution is -0.128. The molecular formula is C22H21BrFN3O4S. The molecule has 2 amide bonds. The van der Waals surface area contributed by atoms with Crippen molar-refractivity contribution >= 4 is 62.0 Å². The molecule has 2 aromatic carbocycles. The molecule has 0 aromatic heterocycles. The monoisotopic (exact) mass is 521 g/mol. The molecule has 1 N–H and O–H groups in total. The number of nitrogens with zero attached hydrogens (tertiary/aromatic N) is 2. The summed E-state index contributed by atoms with van der Waals surface area (Å²) in [5.41, 5.74) is 0.997. The Balaban J connectivity index is 1.66. The van der Waals surface area contributed by atoms with Crippen LogP contribution in [0.5, 0.6) is 0 Å². The number of aliphatic imine (C=N–C) groups is 1. The molecule has 0 radical (unpaired) electrons. The van der Waals surface area contributed by atoms with Crippen LogP contribution in [-0.4, -0.2) is 46.3 Å². The molecule has 0 spiro atoms. The van der Waals surface area contributed by atoms with Gasteiger partial charge in [0, 0.05) is 23.1 Å². The molecule has 32 heavy (non-hydrogen) atoms. The molecule has 1 fully saturated rings. The lowest BCUT2D eigenvalue weighted by atomic mass is 10.2. The van der Waals surface area contributed by atoms with Crippen LogP contribution in [0.25, 0.3) is 0 Å². The third-order valence-corrected chi connectivity index (χ3v) is 6.18. The van der Waals surface area contributed by atoms with Gasteiger partial charge in [0.15, 0.2) is 5.17 Å². The third-order valence-electron chi connectivity index (χ3n) is 4.51. The third kappa shape index (κ3) is 5.74. The topological polar surface area (TPSA) is 88.1 Å². The minimum Gasteiger partial charge on any atom is -0.462 e. The van der Waals surface area contributed by atoms with Crippen molar-refractivity contribution in [2.45, 2.75) is 25.5 Å². The van der Waals surface area contributed by atoms with Crippen molar-refractivity contribution in [2.24, 2.45) is 4.99 Å². The molecule has 1 saturated heterocycles. The Kier molecular flexibility index (Phi) is 8.03. The summed E-state index contributed by atoms with van der Waals surface area (Å²) in [6, 6.07) is 10.8. The molecule has 10 heteroatoms. The second-order valence-electron chi connectivity index (χ2n) is 6.73. The maximum atomic E-state index is 14.2. The zero-order valence-electron chi connectivity index (χ0n) is 17.4. The summed E-state index contributed by atoms with van der Waals surface area (Å²) in [4.78, 5) is 42.7. The number of ether oxygens (including phenoxy) is 1. The van der Waals surface area contributed by atoms with Gasteiger partial charge in [0.25, 0.3) is 0 Å². The van der Waals surface area contributed by atoms with Gasteiger partial charge in [-0.05, 0) is 56.3 Å². The van der Waals surface area contributed by atoms with E-state index in [2.05, 4.69) is 26.2 Å². The zero-order valence-corrected chi connectivity index (χ0v) is 19.8. The molecule has 1 atom stereocenters. The molecular weight excluding hydrogens is 501 g/mol. The van der Waals surface area contributed by atoms with Gasteiger partial charge in [-0.3, -0.25) is 14.5 Å². The molecule has 1 aliphatic heterocycles. The maximum absolute atomic E-state index is 14.2. The minimum atomic E-state index is -0.661. The highest BCUT2D eigenvalue weighted by atomic mass is 79.9. The number of carbonyl (C=O) groups is 3. The Labute approximate surface area is 197 Å². The van der Waals surface area contributed by atoms with Gasteiger partial charge in [0.05, 0.1) is 12.2 Å². The zero-order chi connectivity index (χ0) is 23.3. The van der Waals surface area contributed by atoms with Crippen molar-refractivity contribution in [3.63, 3.8) is 0 Å². The fourth-order valence-corrected chi connectivity index (χ4v) is 4.52. The fourth-order valence-electron chi connectivity index (χ4n) is 2.98. The predicted molar refractivity (Wildman–Crippen MR) is 126 cm³/mol. The maximum Gasteiger partial charge on any atom is 0.338 e. The SMILES string of the molecule is CCOC(=O)c1ccc(NC(=O)CC2SC(=Nc3ccc(Br)cc3F)N(CC)C2=O)cc1. The summed E-state index contributed by atoms with van der Waals surface area (Å²) < 4.78 is 19.7. The Morgan fingerprint density at radius 1 is 1.22 bits per heavy atom. The van der Waals surface area contributed by atoms with E-state index in [9.17, 15) is 18.8 Å². The number of amidine groups is 1. The predicted octanol–water partition coefficient (Wildman–Crippen LogP) is 4.75. The first-order valence-electron chi connectivity index (χ1n) is 9.91. The number of hydrogen-bond donors (Lipinski definition) is 1. The first kappa shape index (κ1) is 23.9. The molecule has 1 aliphatic rings. The smallest absolute Gasteiger partial charge is 0.338 e. The van der Waals surface area contributed by atoms with E-state index in [1.807, 2.05) is 0 Å². The molecule has 1 unspecified atom stereocenters. The Bertz CT molecular complexity index is 1060. The van der Waals surface area contributed by atoms with Crippen LogP contribution in [0.3, 0.4) is 0 Å². The summed E-state index contributed by atoms with van der Waals surface area (Å²) in [7, 11) is 0. The summed E-state index contributed by atoms with van der Waals surface area (Å²) in [6.07, 6.45) is -0.0680. The number of benzene rings is 2. The van der Waals surface area contributed by atoms with Gasteiger partial charge in [0.2, 0.25) is 11.8 Å². The molecule has 168 valence electrons. The number of anilines is 1. The summed E-state index contributed by atoms with van der Waals surface area (Å²) in [6.45, 7) is 4.15. The molecule has 2 aromatic rings. The highest BCUT2D eigenvalue weighted by Gasteiger charge is 2.38. The van der Waals surface area contributed by atoms with Crippen molar-refractivity contribution in [2.75, 3.05) is 18.5 Å². The molecule has 0 saturated carbocycles. The second-order valence-corrected chi connectivity index (χ2v) is 8.81. The van der Waals surface area contributed by atoms with Gasteiger partial charge in [-0.1, -0.05) is 27.7 Å². The van der Waals surface area contributed by atoms with Crippen LogP contribution in [0.4, 0.5) is 15.8 Å². The number of esters is 1. The van der Waals surface area contributed by atoms with Crippen molar-refractivity contribution in [3.8, 4) is 0 Å². The van der Waals surface area contributed by atoms with Gasteiger partial charge in [0.1, 0.15) is 16.8 Å². The van der Waals surface area contributed by atoms with Crippen LogP contribution in [0.2, 0.25) is 0 Å². The Morgan fingerprint density at radius 3 is 2.56 bits per heavy atom. The number of nitrogens with one attached hydrogen (secondary N) is 1. The van der Waals surface area contributed by atoms with Gasteiger partial charge < -0.3 is 10.1 Å². The number of amides is 2. The lowest BCUT2D eigenvalue weighted by Crippen LogP contribution is -2.33. The van der Waals surface area contributed by atoms with E-state index in [1.54, 1.807) is 44.2 Å². The highest BCUT2D eigenvalue weighted by Crippen LogP contribution is 2.33. The van der Waals surface area contributed by atoms with Crippen LogP contribution < -0.4 is 5.32 Å². The van der Waals surface area contributed by atoms with Crippen LogP contribution in [0.15, 0.2) is 51.9 Å². The van der Waals surface area contributed by atoms with E-state index >= 15 is 0 Å². The summed E-state index contributed by atoms with van der Waals surface area (Å²) >= 11 is 4.34. The van der Waals surface area contributed by atoms with Crippen molar-refractivity contribution in [3.05, 3.63) is 58.3 Å². The van der Waals surface area contributed by atoms with Gasteiger partial charge in [-0.15, -0.1) is 0 Å². The van der Waals surface area contributed by atoms with E-state index in [0.717, 1.165) is 11.8 Å². The van der Waals surface area contributed by atoms with E-state index < -0.39 is 17.0 Å². The van der Waals surface area contributed by atoms with Crippen molar-refractivity contribution in [1.29, 1.82) is 0 Å². The Morgan fingerprint density at radius 2 is 1.94 bits per heavy atom. The number of halogens is 2. The number of hydrogen-bond acceptors (Lipinski definition) is 6. The summed E-state index contributed by atoms with van der Waals surface area (Å²) in [5.74, 6) is -1.55. The van der Waals surface area contributed by atoms with Crippen molar-refractivity contribution in [1.82, 2.24) is 4.90 Å². The highest BCUT2D eigenvalue weighted by molar-refractivity contribution is 9.10. The van der Waals surface area contributed by atoms with Gasteiger partial charge in [-0.25, -0.2) is 14.2 Å². The summed E-state index contributed by atoms with van der Waals surface area (Å²) in [5, 5.41) is 2.42. The molecule has 7 nitrogen and oxygen atoms in total. The largest absolute Gasteiger partial charge is 0.462 e. The number of carbonyl (C=O) groups excluding carboxylic acids is 3. The quantitative estimate of drug-likeness (QED) is 0.531. The Hall–Kier alpha value is -2.72. The molecule has 0 bridgehead atoms. The first-order chi connectivity index (χ1) is 15.3. The molecule has 3 rings (SSSR count). The van der Waals surface area contributed by atoms with E-state index in [-0.39, 0.29) is 30.5 Å². The average Bonchev–Trinajstić information content (AvgIpc) is 3.04. The number of thioether (sulfide) groups is 1. The van der Waals surface area contributed by atoms with Crippen LogP contribution >= 0.6 is 27.7 Å². The van der Waals surface area contributed by atoms with Crippen LogP contribution in [0.1, 0.15) is 30.6 Å². The average molecular weight is 522 g/mol. The van der Waals surface area contributed by atoms with E-state index in [0.29, 0.717) is 27.4 Å². The van der Waals surface area contributed by atoms with Gasteiger partial charge in [-0.2, -0.15) is 0 Å². The molecule has 1 heterocycles. The standard InChI is InChI=1S/C22H21BrFN3O4S/c1-3-27-20(29)18(32-22(27)26-17-10-7-14(23)11-16(17)24)12-19(28)25-15-8-5-13(6-9-15)21(30)31-4-2/h5-11,18H,3-4,12H2,1-2H3,(H,25,28). The molecule has 0 aliphatic carbocycles. The second kappa shape index (κ2) is 10.7. The fraction of sp³-hybridized carbons (Fsp3) is 0.273. The van der Waals surface area contributed by atoms with Gasteiger partial charge >= 0.3 is 5.97 Å².